The van der Waals surface area contributed by atoms with Crippen molar-refractivity contribution in [3.05, 3.63) is 31.2 Å². The smallest absolute Gasteiger partial charge is 0.310 e. The van der Waals surface area contributed by atoms with Crippen LogP contribution in [0, 0.1) is 5.92 Å². The Morgan fingerprint density at radius 2 is 1.52 bits per heavy atom. The quantitative estimate of drug-likeness (QED) is 0.284. The van der Waals surface area contributed by atoms with Crippen molar-refractivity contribution in [3.8, 4) is 0 Å². The number of rotatable bonds is 3. The number of methoxy groups -OCH3 is 1. The second kappa shape index (κ2) is 8.30. The Morgan fingerprint density at radius 1 is 1.00 bits per heavy atom. The fraction of sp³-hybridized carbons (Fsp3) is 0.444. The molecule has 0 spiro atoms. The van der Waals surface area contributed by atoms with Gasteiger partial charge in [0.05, 0.1) is 44.2 Å². The molecular formula is C18H16Cl4N2O5. The summed E-state index contributed by atoms with van der Waals surface area (Å²) in [6, 6.07) is -1.14. The Hall–Kier alpha value is -1.54. The fourth-order valence-corrected chi connectivity index (χ4v) is 4.64. The number of likely N-dealkylation sites (tertiary alicyclic amines) is 1. The summed E-state index contributed by atoms with van der Waals surface area (Å²) >= 11 is 24.2. The van der Waals surface area contributed by atoms with Crippen molar-refractivity contribution in [3.63, 3.8) is 0 Å². The van der Waals surface area contributed by atoms with Gasteiger partial charge in [-0.15, -0.1) is 0 Å². The molecule has 2 aliphatic heterocycles. The average molecular weight is 482 g/mol. The Bertz CT molecular complexity index is 889. The van der Waals surface area contributed by atoms with Crippen molar-refractivity contribution in [2.24, 2.45) is 5.92 Å². The molecule has 1 saturated heterocycles. The maximum absolute atomic E-state index is 13.0. The van der Waals surface area contributed by atoms with Crippen LogP contribution in [0.3, 0.4) is 0 Å². The van der Waals surface area contributed by atoms with Gasteiger partial charge in [0.2, 0.25) is 5.91 Å². The van der Waals surface area contributed by atoms with E-state index in [0.717, 1.165) is 4.90 Å². The van der Waals surface area contributed by atoms with Crippen LogP contribution in [0.15, 0.2) is 0 Å². The van der Waals surface area contributed by atoms with E-state index in [9.17, 15) is 19.2 Å². The summed E-state index contributed by atoms with van der Waals surface area (Å²) in [7, 11) is 1.29. The van der Waals surface area contributed by atoms with E-state index in [1.807, 2.05) is 0 Å². The summed E-state index contributed by atoms with van der Waals surface area (Å²) in [5.74, 6) is -2.89. The van der Waals surface area contributed by atoms with E-state index >= 15 is 0 Å². The summed E-state index contributed by atoms with van der Waals surface area (Å²) < 4.78 is 4.75. The highest BCUT2D eigenvalue weighted by Gasteiger charge is 2.46. The number of imide groups is 1. The number of hydrogen-bond acceptors (Lipinski definition) is 5. The van der Waals surface area contributed by atoms with Gasteiger partial charge in [0, 0.05) is 13.1 Å². The molecule has 0 bridgehead atoms. The zero-order valence-corrected chi connectivity index (χ0v) is 18.5. The van der Waals surface area contributed by atoms with Crippen LogP contribution in [0.1, 0.15) is 40.5 Å². The third-order valence-corrected chi connectivity index (χ3v) is 6.95. The molecule has 0 aromatic heterocycles. The lowest BCUT2D eigenvalue weighted by Crippen LogP contribution is -2.52. The van der Waals surface area contributed by atoms with Gasteiger partial charge < -0.3 is 9.64 Å². The summed E-state index contributed by atoms with van der Waals surface area (Å²) in [6.07, 6.45) is 1.20. The molecule has 0 N–H and O–H groups in total. The molecule has 1 aromatic carbocycles. The van der Waals surface area contributed by atoms with Crippen molar-refractivity contribution in [1.82, 2.24) is 9.80 Å². The summed E-state index contributed by atoms with van der Waals surface area (Å²) in [5, 5.41) is -0.674. The first kappa shape index (κ1) is 22.2. The van der Waals surface area contributed by atoms with E-state index in [2.05, 4.69) is 0 Å². The largest absolute Gasteiger partial charge is 0.469 e. The number of carbonyl (C=O) groups excluding carboxylic acids is 4. The molecule has 1 fully saturated rings. The van der Waals surface area contributed by atoms with Crippen LogP contribution in [0.25, 0.3) is 0 Å². The van der Waals surface area contributed by atoms with Gasteiger partial charge >= 0.3 is 5.97 Å². The third kappa shape index (κ3) is 3.58. The molecule has 3 rings (SSSR count). The van der Waals surface area contributed by atoms with Crippen LogP contribution >= 0.6 is 46.4 Å². The van der Waals surface area contributed by atoms with Gasteiger partial charge in [-0.2, -0.15) is 0 Å². The van der Waals surface area contributed by atoms with E-state index in [-0.39, 0.29) is 37.8 Å². The minimum Gasteiger partial charge on any atom is -0.469 e. The lowest BCUT2D eigenvalue weighted by Gasteiger charge is -2.34. The topological polar surface area (TPSA) is 84.0 Å². The standard InChI is InChI=1S/C18H16Cl4N2O5/c1-7(15(25)23-5-3-4-8(6-23)18(28)29-2)24-16(26)9-10(17(24)27)12(20)14(22)13(21)11(9)19/h7-8H,3-6H2,1-2H3. The monoisotopic (exact) mass is 480 g/mol. The first-order chi connectivity index (χ1) is 13.6. The zero-order valence-electron chi connectivity index (χ0n) is 15.4. The van der Waals surface area contributed by atoms with E-state index in [0.29, 0.717) is 19.4 Å². The Balaban J connectivity index is 1.89. The highest BCUT2D eigenvalue weighted by Crippen LogP contribution is 2.45. The molecule has 2 heterocycles. The molecule has 2 unspecified atom stereocenters. The van der Waals surface area contributed by atoms with Gasteiger partial charge in [0.25, 0.3) is 11.8 Å². The van der Waals surface area contributed by atoms with Crippen LogP contribution in [0.2, 0.25) is 20.1 Å². The molecule has 0 radical (unpaired) electrons. The first-order valence-corrected chi connectivity index (χ1v) is 10.2. The second-order valence-electron chi connectivity index (χ2n) is 6.81. The second-order valence-corrected chi connectivity index (χ2v) is 8.32. The molecule has 2 aliphatic rings. The van der Waals surface area contributed by atoms with Crippen molar-refractivity contribution in [1.29, 1.82) is 0 Å². The van der Waals surface area contributed by atoms with Crippen molar-refractivity contribution >= 4 is 70.1 Å². The SMILES string of the molecule is COC(=O)C1CCCN(C(=O)C(C)N2C(=O)c3c(Cl)c(Cl)c(Cl)c(Cl)c3C2=O)C1. The van der Waals surface area contributed by atoms with Crippen molar-refractivity contribution in [2.45, 2.75) is 25.8 Å². The van der Waals surface area contributed by atoms with Crippen LogP contribution in [0.4, 0.5) is 0 Å². The lowest BCUT2D eigenvalue weighted by molar-refractivity contribution is -0.149. The van der Waals surface area contributed by atoms with Gasteiger partial charge in [-0.1, -0.05) is 46.4 Å². The number of piperidine rings is 1. The number of carbonyl (C=O) groups is 4. The number of nitrogens with zero attached hydrogens (tertiary/aromatic N) is 2. The minimum atomic E-state index is -1.14. The van der Waals surface area contributed by atoms with E-state index in [4.69, 9.17) is 51.1 Å². The predicted molar refractivity (Wildman–Crippen MR) is 108 cm³/mol. The van der Waals surface area contributed by atoms with Gasteiger partial charge in [-0.05, 0) is 19.8 Å². The number of ether oxygens (including phenoxy) is 1. The number of benzene rings is 1. The molecule has 29 heavy (non-hydrogen) atoms. The predicted octanol–water partition coefficient (Wildman–Crippen LogP) is 3.70. The van der Waals surface area contributed by atoms with Crippen LogP contribution in [0.5, 0.6) is 0 Å². The molecule has 156 valence electrons. The summed E-state index contributed by atoms with van der Waals surface area (Å²) in [4.78, 5) is 52.9. The minimum absolute atomic E-state index is 0.143. The zero-order chi connectivity index (χ0) is 21.6. The van der Waals surface area contributed by atoms with Crippen LogP contribution < -0.4 is 0 Å². The fourth-order valence-electron chi connectivity index (χ4n) is 3.63. The normalized spacial score (nSPS) is 20.0. The van der Waals surface area contributed by atoms with Gasteiger partial charge in [-0.3, -0.25) is 24.1 Å². The number of hydrogen-bond donors (Lipinski definition) is 0. The van der Waals surface area contributed by atoms with Gasteiger partial charge in [-0.25, -0.2) is 0 Å². The van der Waals surface area contributed by atoms with E-state index < -0.39 is 35.7 Å². The molecule has 3 amide bonds. The number of amides is 3. The van der Waals surface area contributed by atoms with Gasteiger partial charge in [0.1, 0.15) is 6.04 Å². The maximum atomic E-state index is 13.0. The molecule has 2 atom stereocenters. The van der Waals surface area contributed by atoms with Crippen molar-refractivity contribution in [2.75, 3.05) is 20.2 Å². The summed E-state index contributed by atoms with van der Waals surface area (Å²) in [6.45, 7) is 1.98. The number of esters is 1. The number of fused-ring (bicyclic) bond motifs is 1. The third-order valence-electron chi connectivity index (χ3n) is 5.14. The van der Waals surface area contributed by atoms with Crippen LogP contribution in [-0.2, 0) is 14.3 Å². The Labute approximate surface area is 186 Å². The van der Waals surface area contributed by atoms with E-state index in [1.165, 1.54) is 18.9 Å². The van der Waals surface area contributed by atoms with Crippen LogP contribution in [-0.4, -0.2) is 59.7 Å². The molecular weight excluding hydrogens is 466 g/mol. The molecule has 7 nitrogen and oxygen atoms in total. The van der Waals surface area contributed by atoms with Gasteiger partial charge in [0.15, 0.2) is 0 Å². The highest BCUT2D eigenvalue weighted by atomic mass is 35.5. The van der Waals surface area contributed by atoms with Crippen molar-refractivity contribution < 1.29 is 23.9 Å². The Kier molecular flexibility index (Phi) is 6.34. The molecule has 1 aromatic rings. The average Bonchev–Trinajstić information content (AvgIpc) is 2.99. The molecule has 0 saturated carbocycles. The highest BCUT2D eigenvalue weighted by molar-refractivity contribution is 6.55. The molecule has 11 heteroatoms. The number of halogens is 4. The first-order valence-electron chi connectivity index (χ1n) is 8.72. The maximum Gasteiger partial charge on any atom is 0.310 e. The summed E-state index contributed by atoms with van der Waals surface area (Å²) in [5.41, 5.74) is -0.358. The Morgan fingerprint density at radius 3 is 2.00 bits per heavy atom. The molecule has 0 aliphatic carbocycles. The van der Waals surface area contributed by atoms with E-state index in [1.54, 1.807) is 0 Å². The lowest BCUT2D eigenvalue weighted by atomic mass is 9.97.